The number of rotatable bonds is 4. The van der Waals surface area contributed by atoms with E-state index in [1.807, 2.05) is 0 Å². The van der Waals surface area contributed by atoms with E-state index in [0.29, 0.717) is 14.5 Å². The van der Waals surface area contributed by atoms with Gasteiger partial charge in [-0.25, -0.2) is 17.9 Å². The lowest BCUT2D eigenvalue weighted by atomic mass is 10.2. The Hall–Kier alpha value is -0.960. The third-order valence-electron chi connectivity index (χ3n) is 2.53. The molecule has 0 aliphatic rings. The van der Waals surface area contributed by atoms with Crippen molar-refractivity contribution in [1.82, 2.24) is 0 Å². The molecule has 0 aromatic heterocycles. The highest BCUT2D eigenvalue weighted by atomic mass is 79.9. The van der Waals surface area contributed by atoms with Crippen LogP contribution < -0.4 is 9.88 Å². The quantitative estimate of drug-likeness (QED) is 0.793. The van der Waals surface area contributed by atoms with Gasteiger partial charge >= 0.3 is 0 Å². The maximum atomic E-state index is 13.3. The van der Waals surface area contributed by atoms with Crippen LogP contribution in [0.3, 0.4) is 0 Å². The molecule has 0 fully saturated rings. The van der Waals surface area contributed by atoms with E-state index in [2.05, 4.69) is 31.9 Å². The molecular weight excluding hydrogens is 429 g/mol. The third kappa shape index (κ3) is 4.50. The van der Waals surface area contributed by atoms with Crippen molar-refractivity contribution in [1.29, 1.82) is 0 Å². The summed E-state index contributed by atoms with van der Waals surface area (Å²) in [5.41, 5.74) is 0.560. The van der Waals surface area contributed by atoms with Crippen molar-refractivity contribution in [3.05, 3.63) is 56.7 Å². The predicted molar refractivity (Wildman–Crippen MR) is 83.9 cm³/mol. The average Bonchev–Trinajstić information content (AvgIpc) is 2.35. The van der Waals surface area contributed by atoms with Crippen LogP contribution in [0.4, 0.5) is 4.39 Å². The SMILES string of the molecule is NS(=O)(=O)c1cc(Br)ccc1OCc1cc(F)cc(Br)c1. The van der Waals surface area contributed by atoms with Gasteiger partial charge in [-0.05, 0) is 42.0 Å². The molecule has 112 valence electrons. The predicted octanol–water partition coefficient (Wildman–Crippen LogP) is 3.58. The molecule has 0 saturated carbocycles. The second kappa shape index (κ2) is 6.43. The zero-order valence-electron chi connectivity index (χ0n) is 10.5. The fourth-order valence-corrected chi connectivity index (χ4v) is 3.40. The van der Waals surface area contributed by atoms with E-state index in [1.54, 1.807) is 12.1 Å². The second-order valence-electron chi connectivity index (χ2n) is 4.20. The van der Waals surface area contributed by atoms with Gasteiger partial charge in [-0.3, -0.25) is 0 Å². The normalized spacial score (nSPS) is 11.4. The van der Waals surface area contributed by atoms with Crippen molar-refractivity contribution in [2.45, 2.75) is 11.5 Å². The minimum absolute atomic E-state index is 0.0144. The smallest absolute Gasteiger partial charge is 0.241 e. The van der Waals surface area contributed by atoms with Crippen LogP contribution in [0.15, 0.2) is 50.2 Å². The molecule has 0 radical (unpaired) electrons. The summed E-state index contributed by atoms with van der Waals surface area (Å²) >= 11 is 6.35. The summed E-state index contributed by atoms with van der Waals surface area (Å²) in [5.74, 6) is -0.300. The molecule has 0 bridgehead atoms. The molecule has 0 aliphatic heterocycles. The van der Waals surface area contributed by atoms with Crippen LogP contribution in [0.2, 0.25) is 0 Å². The van der Waals surface area contributed by atoms with E-state index in [4.69, 9.17) is 9.88 Å². The number of hydrogen-bond acceptors (Lipinski definition) is 3. The van der Waals surface area contributed by atoms with E-state index in [9.17, 15) is 12.8 Å². The molecular formula is C13H10Br2FNO3S. The summed E-state index contributed by atoms with van der Waals surface area (Å²) in [6, 6.07) is 8.77. The second-order valence-corrected chi connectivity index (χ2v) is 7.56. The zero-order valence-corrected chi connectivity index (χ0v) is 14.5. The first-order valence-electron chi connectivity index (χ1n) is 5.66. The van der Waals surface area contributed by atoms with Gasteiger partial charge in [0.15, 0.2) is 0 Å². The number of nitrogens with two attached hydrogens (primary N) is 1. The molecule has 2 aromatic rings. The first-order chi connectivity index (χ1) is 9.75. The number of halogens is 3. The maximum Gasteiger partial charge on any atom is 0.241 e. The van der Waals surface area contributed by atoms with E-state index >= 15 is 0 Å². The highest BCUT2D eigenvalue weighted by Crippen LogP contribution is 2.27. The summed E-state index contributed by atoms with van der Waals surface area (Å²) in [4.78, 5) is -0.132. The van der Waals surface area contributed by atoms with Crippen molar-refractivity contribution in [3.8, 4) is 5.75 Å². The highest BCUT2D eigenvalue weighted by Gasteiger charge is 2.16. The van der Waals surface area contributed by atoms with Crippen molar-refractivity contribution >= 4 is 41.9 Å². The number of ether oxygens (including phenoxy) is 1. The van der Waals surface area contributed by atoms with Gasteiger partial charge in [0.25, 0.3) is 0 Å². The van der Waals surface area contributed by atoms with Crippen LogP contribution in [0.1, 0.15) is 5.56 Å². The standard InChI is InChI=1S/C13H10Br2FNO3S/c14-9-1-2-12(13(6-9)21(17,18)19)20-7-8-3-10(15)5-11(16)4-8/h1-6H,7H2,(H2,17,18,19). The number of benzene rings is 2. The van der Waals surface area contributed by atoms with E-state index in [-0.39, 0.29) is 17.3 Å². The van der Waals surface area contributed by atoms with Crippen molar-refractivity contribution < 1.29 is 17.5 Å². The number of hydrogen-bond donors (Lipinski definition) is 1. The summed E-state index contributed by atoms with van der Waals surface area (Å²) in [6.07, 6.45) is 0. The fourth-order valence-electron chi connectivity index (χ4n) is 1.68. The Labute approximate surface area is 138 Å². The lowest BCUT2D eigenvalue weighted by Crippen LogP contribution is -2.14. The molecule has 0 unspecified atom stereocenters. The molecule has 2 N–H and O–H groups in total. The molecule has 0 atom stereocenters. The summed E-state index contributed by atoms with van der Waals surface area (Å²) in [6.45, 7) is 0.0144. The van der Waals surface area contributed by atoms with Crippen LogP contribution in [0.25, 0.3) is 0 Å². The van der Waals surface area contributed by atoms with E-state index in [1.165, 1.54) is 24.3 Å². The van der Waals surface area contributed by atoms with Crippen LogP contribution in [-0.4, -0.2) is 8.42 Å². The van der Waals surface area contributed by atoms with Gasteiger partial charge in [0.05, 0.1) is 0 Å². The Balaban J connectivity index is 2.28. The van der Waals surface area contributed by atoms with Gasteiger partial charge in [0, 0.05) is 8.95 Å². The van der Waals surface area contributed by atoms with Gasteiger partial charge < -0.3 is 4.74 Å². The van der Waals surface area contributed by atoms with Gasteiger partial charge in [-0.15, -0.1) is 0 Å². The van der Waals surface area contributed by atoms with Crippen LogP contribution in [0, 0.1) is 5.82 Å². The molecule has 2 aromatic carbocycles. The van der Waals surface area contributed by atoms with Gasteiger partial charge in [-0.1, -0.05) is 31.9 Å². The van der Waals surface area contributed by atoms with Crippen molar-refractivity contribution in [2.24, 2.45) is 5.14 Å². The van der Waals surface area contributed by atoms with E-state index < -0.39 is 15.8 Å². The Morgan fingerprint density at radius 3 is 2.43 bits per heavy atom. The van der Waals surface area contributed by atoms with Crippen LogP contribution in [0.5, 0.6) is 5.75 Å². The third-order valence-corrected chi connectivity index (χ3v) is 4.41. The summed E-state index contributed by atoms with van der Waals surface area (Å²) in [7, 11) is -3.92. The van der Waals surface area contributed by atoms with Gasteiger partial charge in [0.1, 0.15) is 23.1 Å². The van der Waals surface area contributed by atoms with Gasteiger partial charge in [0.2, 0.25) is 10.0 Å². The molecule has 0 aliphatic carbocycles. The van der Waals surface area contributed by atoms with E-state index in [0.717, 1.165) is 0 Å². The van der Waals surface area contributed by atoms with Crippen LogP contribution >= 0.6 is 31.9 Å². The largest absolute Gasteiger partial charge is 0.487 e. The first kappa shape index (κ1) is 16.4. The zero-order chi connectivity index (χ0) is 15.6. The monoisotopic (exact) mass is 437 g/mol. The Bertz CT molecular complexity index is 761. The molecule has 0 spiro atoms. The minimum Gasteiger partial charge on any atom is -0.487 e. The topological polar surface area (TPSA) is 69.4 Å². The van der Waals surface area contributed by atoms with Crippen LogP contribution in [-0.2, 0) is 16.6 Å². The molecule has 0 saturated heterocycles. The Kier molecular flexibility index (Phi) is 5.03. The van der Waals surface area contributed by atoms with Crippen molar-refractivity contribution in [2.75, 3.05) is 0 Å². The molecule has 0 heterocycles. The average molecular weight is 439 g/mol. The summed E-state index contributed by atoms with van der Waals surface area (Å²) < 4.78 is 42.9. The van der Waals surface area contributed by atoms with Crippen molar-refractivity contribution in [3.63, 3.8) is 0 Å². The number of primary sulfonamides is 1. The Morgan fingerprint density at radius 1 is 1.10 bits per heavy atom. The number of sulfonamides is 1. The maximum absolute atomic E-state index is 13.3. The molecule has 21 heavy (non-hydrogen) atoms. The Morgan fingerprint density at radius 2 is 1.81 bits per heavy atom. The summed E-state index contributed by atoms with van der Waals surface area (Å²) in [5, 5.41) is 5.15. The highest BCUT2D eigenvalue weighted by molar-refractivity contribution is 9.10. The molecule has 8 heteroatoms. The van der Waals surface area contributed by atoms with Gasteiger partial charge in [-0.2, -0.15) is 0 Å². The lowest BCUT2D eigenvalue weighted by Gasteiger charge is -2.11. The minimum atomic E-state index is -3.92. The lowest BCUT2D eigenvalue weighted by molar-refractivity contribution is 0.297. The molecule has 2 rings (SSSR count). The first-order valence-corrected chi connectivity index (χ1v) is 8.79. The molecule has 0 amide bonds. The molecule has 4 nitrogen and oxygen atoms in total. The fraction of sp³-hybridized carbons (Fsp3) is 0.0769.